The van der Waals surface area contributed by atoms with Crippen molar-refractivity contribution in [2.75, 3.05) is 50.1 Å². The topological polar surface area (TPSA) is 61.9 Å². The van der Waals surface area contributed by atoms with E-state index in [4.69, 9.17) is 4.74 Å². The standard InChI is InChI=1S/C21H24FN3O3/c1-28-21(27)18-4-2-3-5-19(18)23-20(26)10-11-24-12-14-25(15-13-24)17-8-6-16(22)7-9-17/h2-9H,10-15H2,1H3,(H,23,26). The van der Waals surface area contributed by atoms with E-state index >= 15 is 0 Å². The quantitative estimate of drug-likeness (QED) is 0.775. The maximum Gasteiger partial charge on any atom is 0.339 e. The molecule has 2 aromatic rings. The molecule has 1 aliphatic rings. The highest BCUT2D eigenvalue weighted by Crippen LogP contribution is 2.18. The van der Waals surface area contributed by atoms with Gasteiger partial charge in [0.15, 0.2) is 0 Å². The molecule has 0 atom stereocenters. The Morgan fingerprint density at radius 3 is 2.39 bits per heavy atom. The second-order valence-corrected chi connectivity index (χ2v) is 6.64. The molecule has 6 nitrogen and oxygen atoms in total. The minimum absolute atomic E-state index is 0.141. The summed E-state index contributed by atoms with van der Waals surface area (Å²) in [6.45, 7) is 3.98. The van der Waals surface area contributed by atoms with Crippen LogP contribution in [0, 0.1) is 5.82 Å². The number of para-hydroxylation sites is 1. The van der Waals surface area contributed by atoms with E-state index in [0.29, 0.717) is 24.2 Å². The van der Waals surface area contributed by atoms with Crippen LogP contribution in [0.5, 0.6) is 0 Å². The molecule has 0 bridgehead atoms. The van der Waals surface area contributed by atoms with Crippen LogP contribution in [-0.2, 0) is 9.53 Å². The molecular weight excluding hydrogens is 361 g/mol. The Kier molecular flexibility index (Phi) is 6.60. The number of esters is 1. The highest BCUT2D eigenvalue weighted by atomic mass is 19.1. The summed E-state index contributed by atoms with van der Waals surface area (Å²) in [5.74, 6) is -0.854. The van der Waals surface area contributed by atoms with Crippen LogP contribution in [0.1, 0.15) is 16.8 Å². The summed E-state index contributed by atoms with van der Waals surface area (Å²) in [7, 11) is 1.31. The number of anilines is 2. The molecule has 0 aliphatic carbocycles. The second-order valence-electron chi connectivity index (χ2n) is 6.64. The largest absolute Gasteiger partial charge is 0.465 e. The van der Waals surface area contributed by atoms with Gasteiger partial charge in [-0.25, -0.2) is 9.18 Å². The molecule has 0 unspecified atom stereocenters. The summed E-state index contributed by atoms with van der Waals surface area (Å²) in [5.41, 5.74) is 1.81. The number of carbonyl (C=O) groups excluding carboxylic acids is 2. The lowest BCUT2D eigenvalue weighted by Crippen LogP contribution is -2.47. The summed E-state index contributed by atoms with van der Waals surface area (Å²) in [6.07, 6.45) is 0.339. The zero-order valence-corrected chi connectivity index (χ0v) is 15.9. The first kappa shape index (κ1) is 19.8. The lowest BCUT2D eigenvalue weighted by Gasteiger charge is -2.36. The summed E-state index contributed by atoms with van der Waals surface area (Å²) in [5, 5.41) is 2.79. The predicted octanol–water partition coefficient (Wildman–Crippen LogP) is 2.76. The van der Waals surface area contributed by atoms with Crippen LogP contribution in [0.2, 0.25) is 0 Å². The van der Waals surface area contributed by atoms with Crippen molar-refractivity contribution < 1.29 is 18.7 Å². The molecule has 0 radical (unpaired) electrons. The van der Waals surface area contributed by atoms with E-state index in [1.54, 1.807) is 36.4 Å². The Morgan fingerprint density at radius 2 is 1.71 bits per heavy atom. The Balaban J connectivity index is 1.46. The molecule has 1 heterocycles. The van der Waals surface area contributed by atoms with Crippen molar-refractivity contribution in [3.8, 4) is 0 Å². The number of hydrogen-bond donors (Lipinski definition) is 1. The van der Waals surface area contributed by atoms with Gasteiger partial charge in [-0.2, -0.15) is 0 Å². The second kappa shape index (κ2) is 9.32. The highest BCUT2D eigenvalue weighted by Gasteiger charge is 2.18. The fraction of sp³-hybridized carbons (Fsp3) is 0.333. The molecule has 148 valence electrons. The molecule has 28 heavy (non-hydrogen) atoms. The normalized spacial score (nSPS) is 14.6. The first-order valence-corrected chi connectivity index (χ1v) is 9.27. The number of rotatable bonds is 6. The van der Waals surface area contributed by atoms with Crippen LogP contribution < -0.4 is 10.2 Å². The van der Waals surface area contributed by atoms with Crippen molar-refractivity contribution in [2.24, 2.45) is 0 Å². The maximum atomic E-state index is 13.0. The van der Waals surface area contributed by atoms with Crippen LogP contribution in [-0.4, -0.2) is 56.6 Å². The van der Waals surface area contributed by atoms with Crippen LogP contribution >= 0.6 is 0 Å². The number of methoxy groups -OCH3 is 1. The number of amides is 1. The minimum atomic E-state index is -0.479. The van der Waals surface area contributed by atoms with Gasteiger partial charge in [0.2, 0.25) is 5.91 Å². The molecule has 2 aromatic carbocycles. The van der Waals surface area contributed by atoms with Gasteiger partial charge in [0.1, 0.15) is 5.82 Å². The molecule has 0 aromatic heterocycles. The number of ether oxygens (including phenoxy) is 1. The number of piperazine rings is 1. The van der Waals surface area contributed by atoms with E-state index in [2.05, 4.69) is 15.1 Å². The van der Waals surface area contributed by atoms with Gasteiger partial charge in [-0.1, -0.05) is 12.1 Å². The number of nitrogens with zero attached hydrogens (tertiary/aromatic N) is 2. The number of halogens is 1. The maximum absolute atomic E-state index is 13.0. The fourth-order valence-corrected chi connectivity index (χ4v) is 3.23. The van der Waals surface area contributed by atoms with Gasteiger partial charge in [0.05, 0.1) is 18.4 Å². The SMILES string of the molecule is COC(=O)c1ccccc1NC(=O)CCN1CCN(c2ccc(F)cc2)CC1. The van der Waals surface area contributed by atoms with Crippen LogP contribution in [0.25, 0.3) is 0 Å². The molecule has 1 aliphatic heterocycles. The smallest absolute Gasteiger partial charge is 0.339 e. The van der Waals surface area contributed by atoms with E-state index < -0.39 is 5.97 Å². The molecule has 1 N–H and O–H groups in total. The first-order chi connectivity index (χ1) is 13.6. The number of hydrogen-bond acceptors (Lipinski definition) is 5. The third-order valence-corrected chi connectivity index (χ3v) is 4.83. The average molecular weight is 385 g/mol. The van der Waals surface area contributed by atoms with Gasteiger partial charge in [0.25, 0.3) is 0 Å². The third-order valence-electron chi connectivity index (χ3n) is 4.83. The average Bonchev–Trinajstić information content (AvgIpc) is 2.73. The third kappa shape index (κ3) is 5.07. The molecule has 1 amide bonds. The summed E-state index contributed by atoms with van der Waals surface area (Å²) >= 11 is 0. The van der Waals surface area contributed by atoms with E-state index in [9.17, 15) is 14.0 Å². The van der Waals surface area contributed by atoms with E-state index in [-0.39, 0.29) is 11.7 Å². The molecule has 0 spiro atoms. The van der Waals surface area contributed by atoms with Gasteiger partial charge in [-0.05, 0) is 36.4 Å². The van der Waals surface area contributed by atoms with Gasteiger partial charge in [0, 0.05) is 44.8 Å². The Labute approximate surface area is 163 Å². The van der Waals surface area contributed by atoms with Gasteiger partial charge in [-0.3, -0.25) is 9.69 Å². The number of nitrogens with one attached hydrogen (secondary N) is 1. The zero-order valence-electron chi connectivity index (χ0n) is 15.9. The van der Waals surface area contributed by atoms with Crippen LogP contribution in [0.15, 0.2) is 48.5 Å². The highest BCUT2D eigenvalue weighted by molar-refractivity contribution is 6.01. The fourth-order valence-electron chi connectivity index (χ4n) is 3.23. The van der Waals surface area contributed by atoms with Gasteiger partial charge < -0.3 is 15.0 Å². The molecule has 0 saturated carbocycles. The summed E-state index contributed by atoms with van der Waals surface area (Å²) in [6, 6.07) is 13.3. The van der Waals surface area contributed by atoms with Crippen molar-refractivity contribution in [3.05, 3.63) is 59.9 Å². The van der Waals surface area contributed by atoms with Crippen molar-refractivity contribution in [1.82, 2.24) is 4.90 Å². The molecule has 3 rings (SSSR count). The summed E-state index contributed by atoms with van der Waals surface area (Å²) < 4.78 is 17.8. The number of carbonyl (C=O) groups is 2. The summed E-state index contributed by atoms with van der Waals surface area (Å²) in [4.78, 5) is 28.5. The Bertz CT molecular complexity index is 818. The van der Waals surface area contributed by atoms with Crippen LogP contribution in [0.4, 0.5) is 15.8 Å². The Hall–Kier alpha value is -2.93. The Morgan fingerprint density at radius 1 is 1.04 bits per heavy atom. The monoisotopic (exact) mass is 385 g/mol. The first-order valence-electron chi connectivity index (χ1n) is 9.27. The van der Waals surface area contributed by atoms with Crippen molar-refractivity contribution >= 4 is 23.3 Å². The zero-order chi connectivity index (χ0) is 19.9. The van der Waals surface area contributed by atoms with Gasteiger partial charge in [-0.15, -0.1) is 0 Å². The molecule has 7 heteroatoms. The van der Waals surface area contributed by atoms with Crippen LogP contribution in [0.3, 0.4) is 0 Å². The molecular formula is C21H24FN3O3. The van der Waals surface area contributed by atoms with E-state index in [1.165, 1.54) is 19.2 Å². The van der Waals surface area contributed by atoms with Crippen molar-refractivity contribution in [3.63, 3.8) is 0 Å². The molecule has 1 saturated heterocycles. The minimum Gasteiger partial charge on any atom is -0.465 e. The van der Waals surface area contributed by atoms with Crippen molar-refractivity contribution in [1.29, 1.82) is 0 Å². The lowest BCUT2D eigenvalue weighted by atomic mass is 10.1. The van der Waals surface area contributed by atoms with E-state index in [1.807, 2.05) is 0 Å². The molecule has 1 fully saturated rings. The predicted molar refractivity (Wildman–Crippen MR) is 106 cm³/mol. The number of benzene rings is 2. The van der Waals surface area contributed by atoms with Gasteiger partial charge >= 0.3 is 5.97 Å². The van der Waals surface area contributed by atoms with E-state index in [0.717, 1.165) is 31.9 Å². The van der Waals surface area contributed by atoms with Crippen molar-refractivity contribution in [2.45, 2.75) is 6.42 Å². The lowest BCUT2D eigenvalue weighted by molar-refractivity contribution is -0.116.